The van der Waals surface area contributed by atoms with Gasteiger partial charge in [-0.05, 0) is 51.6 Å². The molecular weight excluding hydrogens is 182 g/mol. The molecular formula is C14H31N. The third kappa shape index (κ3) is 3.48. The molecule has 0 N–H and O–H groups in total. The van der Waals surface area contributed by atoms with Crippen LogP contribution in [-0.4, -0.2) is 24.0 Å². The van der Waals surface area contributed by atoms with Gasteiger partial charge < -0.3 is 4.90 Å². The Bertz CT molecular complexity index is 149. The van der Waals surface area contributed by atoms with Crippen LogP contribution in [0.3, 0.4) is 0 Å². The highest BCUT2D eigenvalue weighted by Gasteiger charge is 2.43. The van der Waals surface area contributed by atoms with Crippen molar-refractivity contribution in [2.75, 3.05) is 13.6 Å². The first-order valence-electron chi connectivity index (χ1n) is 6.94. The van der Waals surface area contributed by atoms with E-state index in [1.165, 1.54) is 38.6 Å². The summed E-state index contributed by atoms with van der Waals surface area (Å²) in [6, 6.07) is 0. The number of piperidine rings is 1. The zero-order chi connectivity index (χ0) is 11.9. The number of rotatable bonds is 0. The van der Waals surface area contributed by atoms with Gasteiger partial charge in [0, 0.05) is 5.54 Å². The molecule has 0 unspecified atom stereocenters. The summed E-state index contributed by atoms with van der Waals surface area (Å²) in [7, 11) is 2.31. The molecule has 1 heteroatoms. The molecule has 92 valence electrons. The zero-order valence-electron chi connectivity index (χ0n) is 11.8. The molecule has 15 heavy (non-hydrogen) atoms. The number of likely N-dealkylation sites (tertiary alicyclic amines) is 1. The van der Waals surface area contributed by atoms with Crippen molar-refractivity contribution in [1.29, 1.82) is 0 Å². The van der Waals surface area contributed by atoms with Gasteiger partial charge in [0.2, 0.25) is 0 Å². The molecule has 0 bridgehead atoms. The molecule has 0 aromatic rings. The van der Waals surface area contributed by atoms with Crippen LogP contribution >= 0.6 is 0 Å². The van der Waals surface area contributed by atoms with Crippen molar-refractivity contribution in [3.8, 4) is 0 Å². The van der Waals surface area contributed by atoms with Crippen LogP contribution in [0.25, 0.3) is 0 Å². The van der Waals surface area contributed by atoms with Crippen LogP contribution in [0.5, 0.6) is 0 Å². The van der Waals surface area contributed by atoms with E-state index >= 15 is 0 Å². The molecule has 1 nitrogen and oxygen atoms in total. The second-order valence-corrected chi connectivity index (χ2v) is 4.60. The van der Waals surface area contributed by atoms with Crippen LogP contribution < -0.4 is 0 Å². The Morgan fingerprint density at radius 3 is 1.93 bits per heavy atom. The molecule has 1 spiro atoms. The molecule has 0 amide bonds. The van der Waals surface area contributed by atoms with Gasteiger partial charge in [-0.2, -0.15) is 0 Å². The molecule has 1 saturated heterocycles. The third-order valence-electron chi connectivity index (χ3n) is 3.78. The molecule has 1 saturated carbocycles. The summed E-state index contributed by atoms with van der Waals surface area (Å²) < 4.78 is 0. The standard InChI is InChI=1S/C10H19N.2C2H6/c1-9-4-7-11(2)10(8-9)5-3-6-10;2*1-2/h9H,3-8H2,1-2H3;2*1-2H3/t9-;;/m1../s1. The summed E-state index contributed by atoms with van der Waals surface area (Å²) in [5.41, 5.74) is 0.664. The first-order valence-corrected chi connectivity index (χ1v) is 6.94. The zero-order valence-corrected chi connectivity index (χ0v) is 11.8. The quantitative estimate of drug-likeness (QED) is 0.579. The summed E-state index contributed by atoms with van der Waals surface area (Å²) in [4.78, 5) is 2.61. The highest BCUT2D eigenvalue weighted by atomic mass is 15.2. The predicted molar refractivity (Wildman–Crippen MR) is 70.3 cm³/mol. The minimum absolute atomic E-state index is 0.664. The fourth-order valence-electron chi connectivity index (χ4n) is 2.73. The predicted octanol–water partition coefficient (Wildman–Crippen LogP) is 4.32. The SMILES string of the molecule is CC.CC.C[C@@H]1CCN(C)C2(CCC2)C1. The minimum Gasteiger partial charge on any atom is -0.301 e. The van der Waals surface area contributed by atoms with Crippen molar-refractivity contribution in [1.82, 2.24) is 4.90 Å². The molecule has 0 aromatic heterocycles. The lowest BCUT2D eigenvalue weighted by Gasteiger charge is -2.53. The van der Waals surface area contributed by atoms with Gasteiger partial charge in [0.05, 0.1) is 0 Å². The third-order valence-corrected chi connectivity index (χ3v) is 3.78. The van der Waals surface area contributed by atoms with E-state index in [9.17, 15) is 0 Å². The van der Waals surface area contributed by atoms with E-state index in [0.29, 0.717) is 5.54 Å². The van der Waals surface area contributed by atoms with E-state index in [4.69, 9.17) is 0 Å². The summed E-state index contributed by atoms with van der Waals surface area (Å²) in [5, 5.41) is 0. The minimum atomic E-state index is 0.664. The number of nitrogens with zero attached hydrogens (tertiary/aromatic N) is 1. The molecule has 0 aromatic carbocycles. The molecule has 1 heterocycles. The van der Waals surface area contributed by atoms with Crippen molar-refractivity contribution in [3.63, 3.8) is 0 Å². The number of hydrogen-bond acceptors (Lipinski definition) is 1. The fourth-order valence-corrected chi connectivity index (χ4v) is 2.73. The van der Waals surface area contributed by atoms with Gasteiger partial charge >= 0.3 is 0 Å². The van der Waals surface area contributed by atoms with Gasteiger partial charge in [0.1, 0.15) is 0 Å². The topological polar surface area (TPSA) is 3.24 Å². The van der Waals surface area contributed by atoms with Crippen molar-refractivity contribution < 1.29 is 0 Å². The maximum atomic E-state index is 2.61. The summed E-state index contributed by atoms with van der Waals surface area (Å²) in [5.74, 6) is 0.978. The second kappa shape index (κ2) is 7.27. The van der Waals surface area contributed by atoms with Crippen LogP contribution in [-0.2, 0) is 0 Å². The average molecular weight is 213 g/mol. The van der Waals surface area contributed by atoms with E-state index in [1.807, 2.05) is 27.7 Å². The lowest BCUT2D eigenvalue weighted by atomic mass is 9.68. The first-order chi connectivity index (χ1) is 7.23. The van der Waals surface area contributed by atoms with Crippen molar-refractivity contribution in [3.05, 3.63) is 0 Å². The van der Waals surface area contributed by atoms with Crippen LogP contribution in [0.2, 0.25) is 0 Å². The van der Waals surface area contributed by atoms with E-state index in [0.717, 1.165) is 5.92 Å². The van der Waals surface area contributed by atoms with Gasteiger partial charge in [-0.25, -0.2) is 0 Å². The van der Waals surface area contributed by atoms with E-state index < -0.39 is 0 Å². The molecule has 1 aliphatic heterocycles. The molecule has 2 rings (SSSR count). The van der Waals surface area contributed by atoms with Gasteiger partial charge in [-0.15, -0.1) is 0 Å². The summed E-state index contributed by atoms with van der Waals surface area (Å²) >= 11 is 0. The van der Waals surface area contributed by atoms with Crippen LogP contribution in [0, 0.1) is 5.92 Å². The van der Waals surface area contributed by atoms with E-state index in [2.05, 4.69) is 18.9 Å². The Balaban J connectivity index is 0.000000442. The largest absolute Gasteiger partial charge is 0.301 e. The molecule has 1 atom stereocenters. The lowest BCUT2D eigenvalue weighted by Crippen LogP contribution is -2.55. The van der Waals surface area contributed by atoms with Crippen LogP contribution in [0.15, 0.2) is 0 Å². The molecule has 2 aliphatic rings. The Hall–Kier alpha value is -0.0400. The molecule has 0 radical (unpaired) electrons. The van der Waals surface area contributed by atoms with Crippen LogP contribution in [0.1, 0.15) is 66.7 Å². The van der Waals surface area contributed by atoms with Crippen molar-refractivity contribution in [2.24, 2.45) is 5.92 Å². The monoisotopic (exact) mass is 213 g/mol. The Labute approximate surface area is 97.2 Å². The molecule has 2 fully saturated rings. The summed E-state index contributed by atoms with van der Waals surface area (Å²) in [6.45, 7) is 11.7. The lowest BCUT2D eigenvalue weighted by molar-refractivity contribution is -0.0156. The van der Waals surface area contributed by atoms with Gasteiger partial charge in [-0.3, -0.25) is 0 Å². The van der Waals surface area contributed by atoms with E-state index in [-0.39, 0.29) is 0 Å². The van der Waals surface area contributed by atoms with E-state index in [1.54, 1.807) is 0 Å². The highest BCUT2D eigenvalue weighted by molar-refractivity contribution is 5.00. The maximum Gasteiger partial charge on any atom is 0.0209 e. The highest BCUT2D eigenvalue weighted by Crippen LogP contribution is 2.44. The van der Waals surface area contributed by atoms with Crippen LogP contribution in [0.4, 0.5) is 0 Å². The molecule has 1 aliphatic carbocycles. The van der Waals surface area contributed by atoms with Gasteiger partial charge in [0.25, 0.3) is 0 Å². The second-order valence-electron chi connectivity index (χ2n) is 4.60. The van der Waals surface area contributed by atoms with Gasteiger partial charge in [0.15, 0.2) is 0 Å². The Morgan fingerprint density at radius 1 is 1.07 bits per heavy atom. The Kier molecular flexibility index (Phi) is 7.25. The normalized spacial score (nSPS) is 28.0. The Morgan fingerprint density at radius 2 is 1.60 bits per heavy atom. The van der Waals surface area contributed by atoms with Crippen molar-refractivity contribution in [2.45, 2.75) is 72.3 Å². The summed E-state index contributed by atoms with van der Waals surface area (Å²) in [6.07, 6.45) is 7.28. The van der Waals surface area contributed by atoms with Crippen molar-refractivity contribution >= 4 is 0 Å². The maximum absolute atomic E-state index is 2.61. The average Bonchev–Trinajstić information content (AvgIpc) is 2.25. The number of hydrogen-bond donors (Lipinski definition) is 0. The fraction of sp³-hybridized carbons (Fsp3) is 1.00. The first kappa shape index (κ1) is 15.0. The van der Waals surface area contributed by atoms with Gasteiger partial charge in [-0.1, -0.05) is 34.6 Å². The smallest absolute Gasteiger partial charge is 0.0209 e.